The lowest BCUT2D eigenvalue weighted by molar-refractivity contribution is -0.136. The van der Waals surface area contributed by atoms with Gasteiger partial charge in [0.25, 0.3) is 0 Å². The second kappa shape index (κ2) is 10.2. The lowest BCUT2D eigenvalue weighted by Crippen LogP contribution is -2.27. The summed E-state index contributed by atoms with van der Waals surface area (Å²) in [6, 6.07) is 16.6. The highest BCUT2D eigenvalue weighted by Gasteiger charge is 2.26. The molecule has 0 fully saturated rings. The zero-order valence-corrected chi connectivity index (χ0v) is 16.1. The molecule has 2 rings (SSSR count). The van der Waals surface area contributed by atoms with Gasteiger partial charge in [0.05, 0.1) is 19.4 Å². The van der Waals surface area contributed by atoms with Gasteiger partial charge in [-0.15, -0.1) is 0 Å². The molecule has 144 valence electrons. The Hall–Kier alpha value is -3.25. The van der Waals surface area contributed by atoms with Gasteiger partial charge in [0, 0.05) is 11.1 Å². The molecule has 6 nitrogen and oxygen atoms in total. The average Bonchev–Trinajstić information content (AvgIpc) is 2.74. The van der Waals surface area contributed by atoms with E-state index in [0.29, 0.717) is 5.56 Å². The lowest BCUT2D eigenvalue weighted by Gasteiger charge is -2.09. The normalized spacial score (nSPS) is 12.0. The predicted molar refractivity (Wildman–Crippen MR) is 106 cm³/mol. The maximum atomic E-state index is 12.9. The van der Waals surface area contributed by atoms with Crippen LogP contribution in [0.4, 0.5) is 0 Å². The minimum absolute atomic E-state index is 0.0506. The van der Waals surface area contributed by atoms with Crippen LogP contribution in [0.3, 0.4) is 0 Å². The minimum atomic E-state index is -0.917. The molecule has 28 heavy (non-hydrogen) atoms. The number of benzene rings is 2. The van der Waals surface area contributed by atoms with Gasteiger partial charge >= 0.3 is 11.9 Å². The predicted octanol–water partition coefficient (Wildman–Crippen LogP) is 3.65. The number of Topliss-reactive ketones (excluding diaryl/α,β-unsaturated/α-hetero) is 1. The van der Waals surface area contributed by atoms with E-state index in [0.717, 1.165) is 0 Å². The Balaban J connectivity index is 2.67. The highest BCUT2D eigenvalue weighted by molar-refractivity contribution is 6.68. The molecule has 0 spiro atoms. The first-order valence-electron chi connectivity index (χ1n) is 8.38. The molecule has 0 N–H and O–H groups in total. The summed E-state index contributed by atoms with van der Waals surface area (Å²) in [7, 11) is 1.17. The second-order valence-corrected chi connectivity index (χ2v) is 5.77. The number of halogens is 1. The SMILES string of the molecule is CCOC(=O)C(=N/C(=C(/Cl)C(=O)OC)c1ccccc1)C(=O)c1ccccc1. The van der Waals surface area contributed by atoms with Gasteiger partial charge in [-0.1, -0.05) is 72.3 Å². The number of esters is 2. The molecule has 2 aromatic carbocycles. The van der Waals surface area contributed by atoms with Crippen LogP contribution in [0.5, 0.6) is 0 Å². The van der Waals surface area contributed by atoms with Gasteiger partial charge in [-0.05, 0) is 6.92 Å². The van der Waals surface area contributed by atoms with E-state index in [1.54, 1.807) is 67.6 Å². The standard InChI is InChI=1S/C21H18ClNO5/c1-3-28-21(26)18(19(24)15-12-8-5-9-13-15)23-17(16(22)20(25)27-2)14-10-6-4-7-11-14/h4-13H,3H2,1-2H3/b17-16+,23-18?. The smallest absolute Gasteiger partial charge is 0.361 e. The molecule has 0 heterocycles. The number of aliphatic imine (C=N–C) groups is 1. The first kappa shape index (κ1) is 21.1. The summed E-state index contributed by atoms with van der Waals surface area (Å²) in [5, 5.41) is -0.364. The molecule has 0 unspecified atom stereocenters. The van der Waals surface area contributed by atoms with Crippen molar-refractivity contribution in [2.75, 3.05) is 13.7 Å². The van der Waals surface area contributed by atoms with E-state index in [2.05, 4.69) is 9.73 Å². The van der Waals surface area contributed by atoms with Gasteiger partial charge in [-0.2, -0.15) is 0 Å². The highest BCUT2D eigenvalue weighted by Crippen LogP contribution is 2.25. The van der Waals surface area contributed by atoms with Crippen LogP contribution in [-0.4, -0.2) is 37.2 Å². The van der Waals surface area contributed by atoms with E-state index >= 15 is 0 Å². The zero-order valence-electron chi connectivity index (χ0n) is 15.3. The molecule has 0 aliphatic heterocycles. The van der Waals surface area contributed by atoms with Gasteiger partial charge in [0.15, 0.2) is 10.7 Å². The molecule has 7 heteroatoms. The number of carbonyl (C=O) groups is 3. The van der Waals surface area contributed by atoms with Crippen molar-refractivity contribution in [3.05, 3.63) is 76.8 Å². The minimum Gasteiger partial charge on any atom is -0.465 e. The Morgan fingerprint density at radius 1 is 0.893 bits per heavy atom. The molecule has 0 atom stereocenters. The number of hydrogen-bond acceptors (Lipinski definition) is 6. The number of carbonyl (C=O) groups excluding carboxylic acids is 3. The quantitative estimate of drug-likeness (QED) is 0.233. The van der Waals surface area contributed by atoms with E-state index in [9.17, 15) is 14.4 Å². The molecule has 0 aliphatic rings. The Bertz CT molecular complexity index is 920. The molecule has 0 bridgehead atoms. The Kier molecular flexibility index (Phi) is 7.65. The molecule has 0 aliphatic carbocycles. The maximum Gasteiger partial charge on any atom is 0.361 e. The lowest BCUT2D eigenvalue weighted by atomic mass is 10.1. The molecule has 0 saturated carbocycles. The van der Waals surface area contributed by atoms with Crippen LogP contribution < -0.4 is 0 Å². The summed E-state index contributed by atoms with van der Waals surface area (Å²) in [6.45, 7) is 1.66. The highest BCUT2D eigenvalue weighted by atomic mass is 35.5. The molecule has 0 radical (unpaired) electrons. The van der Waals surface area contributed by atoms with Crippen molar-refractivity contribution in [2.24, 2.45) is 4.99 Å². The van der Waals surface area contributed by atoms with E-state index in [-0.39, 0.29) is 22.9 Å². The van der Waals surface area contributed by atoms with E-state index in [1.165, 1.54) is 7.11 Å². The first-order chi connectivity index (χ1) is 13.5. The number of rotatable bonds is 7. The van der Waals surface area contributed by atoms with Gasteiger partial charge in [0.2, 0.25) is 5.78 Å². The molecule has 0 aromatic heterocycles. The van der Waals surface area contributed by atoms with Crippen molar-refractivity contribution in [3.63, 3.8) is 0 Å². The zero-order chi connectivity index (χ0) is 20.5. The summed E-state index contributed by atoms with van der Waals surface area (Å²) in [5.74, 6) is -2.42. The van der Waals surface area contributed by atoms with Crippen LogP contribution in [-0.2, 0) is 19.1 Å². The number of ether oxygens (including phenoxy) is 2. The Morgan fingerprint density at radius 3 is 1.93 bits per heavy atom. The third-order valence-corrected chi connectivity index (χ3v) is 3.90. The summed E-state index contributed by atoms with van der Waals surface area (Å²) < 4.78 is 9.63. The van der Waals surface area contributed by atoms with Gasteiger partial charge in [-0.3, -0.25) is 4.79 Å². The van der Waals surface area contributed by atoms with Gasteiger partial charge in [0.1, 0.15) is 0 Å². The van der Waals surface area contributed by atoms with Crippen LogP contribution in [0, 0.1) is 0 Å². The second-order valence-electron chi connectivity index (χ2n) is 5.40. The number of hydrogen-bond donors (Lipinski definition) is 0. The monoisotopic (exact) mass is 399 g/mol. The van der Waals surface area contributed by atoms with Crippen LogP contribution in [0.25, 0.3) is 5.70 Å². The van der Waals surface area contributed by atoms with Crippen LogP contribution in [0.2, 0.25) is 0 Å². The van der Waals surface area contributed by atoms with Crippen molar-refractivity contribution in [1.82, 2.24) is 0 Å². The van der Waals surface area contributed by atoms with Crippen molar-refractivity contribution < 1.29 is 23.9 Å². The van der Waals surface area contributed by atoms with Crippen molar-refractivity contribution >= 4 is 40.7 Å². The van der Waals surface area contributed by atoms with E-state index in [1.807, 2.05) is 0 Å². The summed E-state index contributed by atoms with van der Waals surface area (Å²) >= 11 is 6.14. The third kappa shape index (κ3) is 5.14. The number of ketones is 1. The van der Waals surface area contributed by atoms with Gasteiger partial charge < -0.3 is 9.47 Å². The largest absolute Gasteiger partial charge is 0.465 e. The molecular formula is C21H18ClNO5. The number of nitrogens with zero attached hydrogens (tertiary/aromatic N) is 1. The molecule has 0 saturated heterocycles. The molecule has 0 amide bonds. The Labute approximate surface area is 167 Å². The van der Waals surface area contributed by atoms with Crippen LogP contribution in [0.15, 0.2) is 70.7 Å². The average molecular weight is 400 g/mol. The summed E-state index contributed by atoms with van der Waals surface area (Å²) in [5.41, 5.74) is 0.117. The van der Waals surface area contributed by atoms with Gasteiger partial charge in [-0.25, -0.2) is 14.6 Å². The van der Waals surface area contributed by atoms with Crippen molar-refractivity contribution in [1.29, 1.82) is 0 Å². The third-order valence-electron chi connectivity index (χ3n) is 3.56. The van der Waals surface area contributed by atoms with Crippen molar-refractivity contribution in [3.8, 4) is 0 Å². The van der Waals surface area contributed by atoms with Crippen LogP contribution in [0.1, 0.15) is 22.8 Å². The van der Waals surface area contributed by atoms with E-state index < -0.39 is 23.4 Å². The van der Waals surface area contributed by atoms with Crippen molar-refractivity contribution in [2.45, 2.75) is 6.92 Å². The maximum absolute atomic E-state index is 12.9. The molecule has 2 aromatic rings. The summed E-state index contributed by atoms with van der Waals surface area (Å²) in [6.07, 6.45) is 0. The molecular weight excluding hydrogens is 382 g/mol. The van der Waals surface area contributed by atoms with E-state index in [4.69, 9.17) is 16.3 Å². The Morgan fingerprint density at radius 2 is 1.43 bits per heavy atom. The fraction of sp³-hybridized carbons (Fsp3) is 0.143. The fourth-order valence-electron chi connectivity index (χ4n) is 2.25. The first-order valence-corrected chi connectivity index (χ1v) is 8.76. The summed E-state index contributed by atoms with van der Waals surface area (Å²) in [4.78, 5) is 41.4. The topological polar surface area (TPSA) is 82.0 Å². The van der Waals surface area contributed by atoms with Crippen LogP contribution >= 0.6 is 11.6 Å². The number of methoxy groups -OCH3 is 1. The fourth-order valence-corrected chi connectivity index (χ4v) is 2.48.